The highest BCUT2D eigenvalue weighted by Crippen LogP contribution is 2.16. The second-order valence-corrected chi connectivity index (χ2v) is 26.5. The van der Waals surface area contributed by atoms with E-state index in [1.54, 1.807) is 6.92 Å². The average Bonchev–Trinajstić information content (AvgIpc) is 3.77. The fourth-order valence-electron chi connectivity index (χ4n) is 10.5. The number of aliphatic hydroxyl groups excluding tert-OH is 1. The summed E-state index contributed by atoms with van der Waals surface area (Å²) >= 11 is 0. The van der Waals surface area contributed by atoms with Gasteiger partial charge in [0.15, 0.2) is 0 Å². The smallest absolute Gasteiger partial charge is 0.132 e. The third-order valence-corrected chi connectivity index (χ3v) is 16.4. The quantitative estimate of drug-likeness (QED) is 0.0243. The number of nitrogens with zero attached hydrogens (tertiary/aromatic N) is 3. The van der Waals surface area contributed by atoms with E-state index in [1.165, 1.54) is 288 Å². The van der Waals surface area contributed by atoms with Gasteiger partial charge in [-0.25, -0.2) is 0 Å². The molecule has 0 unspecified atom stereocenters. The minimum atomic E-state index is 0. The lowest BCUT2D eigenvalue weighted by Crippen LogP contribution is -2.24. The molecule has 0 saturated carbocycles. The van der Waals surface area contributed by atoms with Crippen molar-refractivity contribution < 1.29 is 9.90 Å². The van der Waals surface area contributed by atoms with Crippen LogP contribution in [0.15, 0.2) is 102 Å². The molecule has 0 spiro atoms. The Balaban J connectivity index is -0.000000355. The molecule has 0 amide bonds. The van der Waals surface area contributed by atoms with Gasteiger partial charge < -0.3 is 26.1 Å². The first-order chi connectivity index (χ1) is 45.2. The number of likely N-dealkylation sites (N-methyl/N-ethyl adjacent to an activating group) is 1. The monoisotopic (exact) mass is 1320 g/mol. The molecule has 4 N–H and O–H groups in total. The predicted octanol–water partition coefficient (Wildman–Crippen LogP) is 27.0. The fraction of sp³-hybridized carbons (Fsp3) is 0.793. The summed E-state index contributed by atoms with van der Waals surface area (Å²) in [5, 5.41) is 12.4. The zero-order valence-electron chi connectivity index (χ0n) is 63.5. The number of hydrogen-bond donors (Lipinski definition) is 3. The first-order valence-electron chi connectivity index (χ1n) is 39.8. The molecule has 0 fully saturated rings. The number of carbonyl (C=O) groups is 1. The SMILES string of the molecule is C.C.CCCCC/C=C\C/C=C\CCCCCCCCC(=O)CCCCCCCC/C=C\C/C=C\CCCCC.CCCCC/C=C\C/C=C\CCCCCCCCC(CCCCCCCC/C=C\C/C=C\CCCCC)=NNCCN(C)C.CCO.CN(C)CCCN. The van der Waals surface area contributed by atoms with Crippen molar-refractivity contribution in [3.8, 4) is 0 Å². The lowest BCUT2D eigenvalue weighted by molar-refractivity contribution is -0.119. The van der Waals surface area contributed by atoms with Gasteiger partial charge in [-0.3, -0.25) is 4.79 Å². The largest absolute Gasteiger partial charge is 0.397 e. The summed E-state index contributed by atoms with van der Waals surface area (Å²) < 4.78 is 0. The van der Waals surface area contributed by atoms with E-state index in [1.807, 2.05) is 0 Å². The summed E-state index contributed by atoms with van der Waals surface area (Å²) in [6.07, 6.45) is 104. The molecule has 0 atom stereocenters. The molecular formula is C87H171N5O2. The van der Waals surface area contributed by atoms with Crippen LogP contribution in [0, 0.1) is 0 Å². The van der Waals surface area contributed by atoms with Crippen LogP contribution in [-0.4, -0.2) is 87.4 Å². The maximum atomic E-state index is 12.1. The van der Waals surface area contributed by atoms with Crippen molar-refractivity contribution in [3.05, 3.63) is 97.2 Å². The molecule has 0 heterocycles. The molecule has 0 aromatic carbocycles. The lowest BCUT2D eigenvalue weighted by Gasteiger charge is -2.11. The van der Waals surface area contributed by atoms with Gasteiger partial charge in [0.2, 0.25) is 0 Å². The molecule has 0 aliphatic carbocycles. The minimum absolute atomic E-state index is 0. The Morgan fingerprint density at radius 3 is 0.777 bits per heavy atom. The van der Waals surface area contributed by atoms with Crippen LogP contribution in [0.5, 0.6) is 0 Å². The van der Waals surface area contributed by atoms with E-state index in [4.69, 9.17) is 15.9 Å². The molecule has 0 radical (unpaired) electrons. The number of aliphatic hydroxyl groups is 1. The molecule has 0 aromatic rings. The highest BCUT2D eigenvalue weighted by atomic mass is 16.2. The van der Waals surface area contributed by atoms with Gasteiger partial charge in [0.05, 0.1) is 0 Å². The molecule has 94 heavy (non-hydrogen) atoms. The third kappa shape index (κ3) is 108. The average molecular weight is 1320 g/mol. The maximum Gasteiger partial charge on any atom is 0.132 e. The van der Waals surface area contributed by atoms with E-state index < -0.39 is 0 Å². The van der Waals surface area contributed by atoms with Crippen LogP contribution in [0.25, 0.3) is 0 Å². The molecule has 7 heteroatoms. The van der Waals surface area contributed by atoms with E-state index in [-0.39, 0.29) is 21.5 Å². The van der Waals surface area contributed by atoms with E-state index in [2.05, 4.69) is 168 Å². The summed E-state index contributed by atoms with van der Waals surface area (Å²) in [5.74, 6) is 0.499. The van der Waals surface area contributed by atoms with Gasteiger partial charge in [0, 0.05) is 38.2 Å². The van der Waals surface area contributed by atoms with Crippen LogP contribution in [0.1, 0.15) is 390 Å². The number of ketones is 1. The Kier molecular flexibility index (Phi) is 107. The Labute approximate surface area is 592 Å². The van der Waals surface area contributed by atoms with Crippen molar-refractivity contribution in [2.45, 2.75) is 390 Å². The summed E-state index contributed by atoms with van der Waals surface area (Å²) in [4.78, 5) is 16.5. The lowest BCUT2D eigenvalue weighted by atomic mass is 10.0. The third-order valence-electron chi connectivity index (χ3n) is 16.4. The van der Waals surface area contributed by atoms with Crippen molar-refractivity contribution >= 4 is 11.5 Å². The fourth-order valence-corrected chi connectivity index (χ4v) is 10.5. The highest BCUT2D eigenvalue weighted by Gasteiger charge is 2.04. The van der Waals surface area contributed by atoms with Crippen LogP contribution in [-0.2, 0) is 4.79 Å². The molecule has 0 aromatic heterocycles. The van der Waals surface area contributed by atoms with Gasteiger partial charge >= 0.3 is 0 Å². The summed E-state index contributed by atoms with van der Waals surface area (Å²) in [7, 11) is 8.35. The van der Waals surface area contributed by atoms with Crippen LogP contribution in [0.4, 0.5) is 0 Å². The van der Waals surface area contributed by atoms with Crippen molar-refractivity contribution in [2.75, 3.05) is 61.0 Å². The molecule has 0 rings (SSSR count). The molecule has 556 valence electrons. The number of unbranched alkanes of at least 4 members (excludes halogenated alkanes) is 36. The molecule has 0 aliphatic rings. The van der Waals surface area contributed by atoms with E-state index in [9.17, 15) is 4.79 Å². The van der Waals surface area contributed by atoms with Crippen LogP contribution < -0.4 is 11.2 Å². The zero-order chi connectivity index (χ0) is 68.0. The Morgan fingerprint density at radius 1 is 0.330 bits per heavy atom. The molecule has 7 nitrogen and oxygen atoms in total. The standard InChI is InChI=1S/C41H77N3.C37H66O.C5H14N2.C2H6O.2CH4/c1-5-7-9-11-13-15-17-19-21-23-25-27-29-31-33-35-37-41(43-42-39-40-44(3)4)38-36-34-32-30-28-26-24-22-20-18-16-14-12-10-8-6-2;1-3-5-7-9-11-13-15-17-19-21-23-25-27-29-31-33-35-37(38)36-34-32-30-28-26-24-22-20-18-16-14-12-10-8-6-4-2;1-7(2)5-3-4-6;1-2-3;;/h13-16,19-22,42H,5-12,17-18,23-40H2,1-4H3;11-14,17-20H,3-10,15-16,21-36H2,1-2H3;3-6H2,1-2H3;3H,2H2,1H3;2*1H4/b15-13-,16-14-,21-19-,22-20-;13-11-,14-12-,19-17-,20-18-;;;;. The van der Waals surface area contributed by atoms with Crippen molar-refractivity contribution in [1.29, 1.82) is 0 Å². The number of Topliss-reactive ketones (excluding diaryl/α,β-unsaturated/α-hetero) is 1. The first-order valence-corrected chi connectivity index (χ1v) is 39.8. The van der Waals surface area contributed by atoms with Gasteiger partial charge in [-0.2, -0.15) is 5.10 Å². The van der Waals surface area contributed by atoms with Crippen molar-refractivity contribution in [3.63, 3.8) is 0 Å². The number of nitrogens with two attached hydrogens (primary N) is 1. The van der Waals surface area contributed by atoms with E-state index in [0.717, 1.165) is 84.0 Å². The van der Waals surface area contributed by atoms with Crippen LogP contribution >= 0.6 is 0 Å². The highest BCUT2D eigenvalue weighted by molar-refractivity contribution is 5.84. The molecular weight excluding hydrogens is 1150 g/mol. The summed E-state index contributed by atoms with van der Waals surface area (Å²) in [6.45, 7) is 14.9. The Morgan fingerprint density at radius 2 is 0.553 bits per heavy atom. The van der Waals surface area contributed by atoms with Gasteiger partial charge in [-0.1, -0.05) is 294 Å². The van der Waals surface area contributed by atoms with Crippen LogP contribution in [0.2, 0.25) is 0 Å². The number of carbonyl (C=O) groups excluding carboxylic acids is 1. The van der Waals surface area contributed by atoms with Crippen LogP contribution in [0.3, 0.4) is 0 Å². The summed E-state index contributed by atoms with van der Waals surface area (Å²) in [6, 6.07) is 0. The number of nitrogens with one attached hydrogen (secondary N) is 1. The van der Waals surface area contributed by atoms with E-state index in [0.29, 0.717) is 5.78 Å². The number of hydrogen-bond acceptors (Lipinski definition) is 7. The topological polar surface area (TPSA) is 94.2 Å². The molecule has 0 aliphatic heterocycles. The predicted molar refractivity (Wildman–Crippen MR) is 433 cm³/mol. The summed E-state index contributed by atoms with van der Waals surface area (Å²) in [5.41, 5.74) is 10.0. The number of rotatable bonds is 67. The Bertz CT molecular complexity index is 1540. The van der Waals surface area contributed by atoms with Crippen molar-refractivity contribution in [2.24, 2.45) is 10.8 Å². The number of allylic oxidation sites excluding steroid dienone is 16. The van der Waals surface area contributed by atoms with Gasteiger partial charge in [-0.15, -0.1) is 0 Å². The molecule has 0 saturated heterocycles. The van der Waals surface area contributed by atoms with Crippen molar-refractivity contribution in [1.82, 2.24) is 15.2 Å². The minimum Gasteiger partial charge on any atom is -0.397 e. The number of hydrazone groups is 1. The zero-order valence-corrected chi connectivity index (χ0v) is 63.5. The molecule has 0 bridgehead atoms. The van der Waals surface area contributed by atoms with Gasteiger partial charge in [-0.05, 0) is 222 Å². The Hall–Kier alpha value is -3.10. The second-order valence-electron chi connectivity index (χ2n) is 26.5. The first kappa shape index (κ1) is 102. The van der Waals surface area contributed by atoms with E-state index >= 15 is 0 Å². The normalized spacial score (nSPS) is 11.6. The van der Waals surface area contributed by atoms with Gasteiger partial charge in [0.25, 0.3) is 0 Å². The second kappa shape index (κ2) is 98.6. The van der Waals surface area contributed by atoms with Gasteiger partial charge in [0.1, 0.15) is 5.78 Å². The maximum absolute atomic E-state index is 12.1.